The Kier molecular flexibility index (Phi) is 6.70. The van der Waals surface area contributed by atoms with Gasteiger partial charge in [-0.3, -0.25) is 0 Å². The molecule has 21 heavy (non-hydrogen) atoms. The molecule has 0 amide bonds. The standard InChI is InChI=1S/C19H29NO/c1-7-12-21-18-11-9-8-10-16(18)13-17(15(2)3)14-20-19(4,5)6/h7-11,13,15,20H,1,12,14H2,2-6H3. The summed E-state index contributed by atoms with van der Waals surface area (Å²) in [6.45, 7) is 16.1. The van der Waals surface area contributed by atoms with E-state index in [2.05, 4.69) is 58.7 Å². The van der Waals surface area contributed by atoms with E-state index in [4.69, 9.17) is 4.74 Å². The number of benzene rings is 1. The molecule has 1 N–H and O–H groups in total. The van der Waals surface area contributed by atoms with Crippen LogP contribution in [-0.2, 0) is 0 Å². The van der Waals surface area contributed by atoms with Crippen LogP contribution in [0, 0.1) is 5.92 Å². The van der Waals surface area contributed by atoms with Crippen molar-refractivity contribution in [2.24, 2.45) is 5.92 Å². The molecule has 1 rings (SSSR count). The van der Waals surface area contributed by atoms with Crippen LogP contribution in [0.15, 0.2) is 42.5 Å². The minimum Gasteiger partial charge on any atom is -0.489 e. The SMILES string of the molecule is C=CCOc1ccccc1C=C(CNC(C)(C)C)C(C)C. The van der Waals surface area contributed by atoms with Gasteiger partial charge in [-0.15, -0.1) is 0 Å². The number of para-hydroxylation sites is 1. The summed E-state index contributed by atoms with van der Waals surface area (Å²) in [7, 11) is 0. The number of hydrogen-bond donors (Lipinski definition) is 1. The van der Waals surface area contributed by atoms with E-state index in [9.17, 15) is 0 Å². The topological polar surface area (TPSA) is 21.3 Å². The van der Waals surface area contributed by atoms with E-state index in [-0.39, 0.29) is 5.54 Å². The molecule has 0 unspecified atom stereocenters. The third-order valence-electron chi connectivity index (χ3n) is 3.18. The van der Waals surface area contributed by atoms with E-state index in [1.54, 1.807) is 6.08 Å². The molecule has 0 radical (unpaired) electrons. The second-order valence-electron chi connectivity index (χ2n) is 6.62. The lowest BCUT2D eigenvalue weighted by Gasteiger charge is -2.23. The van der Waals surface area contributed by atoms with E-state index < -0.39 is 0 Å². The molecule has 0 spiro atoms. The predicted octanol–water partition coefficient (Wildman–Crippen LogP) is 4.68. The van der Waals surface area contributed by atoms with Crippen molar-refractivity contribution in [1.82, 2.24) is 5.32 Å². The van der Waals surface area contributed by atoms with Crippen LogP contribution in [-0.4, -0.2) is 18.7 Å². The Labute approximate surface area is 129 Å². The fourth-order valence-corrected chi connectivity index (χ4v) is 1.87. The van der Waals surface area contributed by atoms with Gasteiger partial charge in [0.15, 0.2) is 0 Å². The molecule has 1 aromatic carbocycles. The highest BCUT2D eigenvalue weighted by molar-refractivity contribution is 5.60. The van der Waals surface area contributed by atoms with Crippen molar-refractivity contribution in [2.45, 2.75) is 40.2 Å². The maximum Gasteiger partial charge on any atom is 0.126 e. The van der Waals surface area contributed by atoms with Crippen molar-refractivity contribution >= 4 is 6.08 Å². The van der Waals surface area contributed by atoms with Gasteiger partial charge in [0, 0.05) is 17.6 Å². The van der Waals surface area contributed by atoms with E-state index in [0.717, 1.165) is 17.9 Å². The Balaban J connectivity index is 2.96. The van der Waals surface area contributed by atoms with Crippen molar-refractivity contribution in [1.29, 1.82) is 0 Å². The molecule has 0 aliphatic rings. The highest BCUT2D eigenvalue weighted by Gasteiger charge is 2.12. The molecular weight excluding hydrogens is 258 g/mol. The molecule has 0 heterocycles. The Morgan fingerprint density at radius 1 is 1.29 bits per heavy atom. The summed E-state index contributed by atoms with van der Waals surface area (Å²) in [5.74, 6) is 1.40. The summed E-state index contributed by atoms with van der Waals surface area (Å²) in [6.07, 6.45) is 4.01. The number of nitrogens with one attached hydrogen (secondary N) is 1. The molecule has 0 aliphatic heterocycles. The molecule has 0 bridgehead atoms. The van der Waals surface area contributed by atoms with Gasteiger partial charge in [-0.05, 0) is 32.8 Å². The van der Waals surface area contributed by atoms with Crippen LogP contribution in [0.25, 0.3) is 6.08 Å². The van der Waals surface area contributed by atoms with Gasteiger partial charge in [-0.1, -0.05) is 56.4 Å². The van der Waals surface area contributed by atoms with E-state index >= 15 is 0 Å². The van der Waals surface area contributed by atoms with Gasteiger partial charge in [0.1, 0.15) is 12.4 Å². The second-order valence-corrected chi connectivity index (χ2v) is 6.62. The molecule has 2 nitrogen and oxygen atoms in total. The van der Waals surface area contributed by atoms with E-state index in [1.165, 1.54) is 5.57 Å². The highest BCUT2D eigenvalue weighted by Crippen LogP contribution is 2.23. The van der Waals surface area contributed by atoms with E-state index in [1.807, 2.05) is 18.2 Å². The third kappa shape index (κ3) is 6.63. The normalized spacial score (nSPS) is 12.6. The fraction of sp³-hybridized carbons (Fsp3) is 0.474. The van der Waals surface area contributed by atoms with Crippen molar-refractivity contribution in [3.8, 4) is 5.75 Å². The van der Waals surface area contributed by atoms with Gasteiger partial charge >= 0.3 is 0 Å². The smallest absolute Gasteiger partial charge is 0.126 e. The Morgan fingerprint density at radius 2 is 1.95 bits per heavy atom. The first-order chi connectivity index (χ1) is 9.83. The van der Waals surface area contributed by atoms with Crippen LogP contribution in [0.3, 0.4) is 0 Å². The zero-order chi connectivity index (χ0) is 15.9. The van der Waals surface area contributed by atoms with Gasteiger partial charge in [-0.2, -0.15) is 0 Å². The van der Waals surface area contributed by atoms with Crippen molar-refractivity contribution in [3.05, 3.63) is 48.1 Å². The molecule has 0 fully saturated rings. The van der Waals surface area contributed by atoms with Gasteiger partial charge < -0.3 is 10.1 Å². The maximum absolute atomic E-state index is 5.73. The average Bonchev–Trinajstić information content (AvgIpc) is 2.40. The number of ether oxygens (including phenoxy) is 1. The van der Waals surface area contributed by atoms with Crippen molar-refractivity contribution in [3.63, 3.8) is 0 Å². The summed E-state index contributed by atoms with van der Waals surface area (Å²) in [4.78, 5) is 0. The number of hydrogen-bond acceptors (Lipinski definition) is 2. The van der Waals surface area contributed by atoms with Crippen LogP contribution in [0.4, 0.5) is 0 Å². The van der Waals surface area contributed by atoms with Crippen molar-refractivity contribution in [2.75, 3.05) is 13.2 Å². The zero-order valence-corrected chi connectivity index (χ0v) is 14.1. The molecule has 116 valence electrons. The van der Waals surface area contributed by atoms with Crippen molar-refractivity contribution < 1.29 is 4.74 Å². The van der Waals surface area contributed by atoms with Crippen LogP contribution in [0.1, 0.15) is 40.2 Å². The average molecular weight is 287 g/mol. The molecule has 1 aromatic rings. The summed E-state index contributed by atoms with van der Waals surface area (Å²) in [5, 5.41) is 3.56. The lowest BCUT2D eigenvalue weighted by Crippen LogP contribution is -2.37. The molecule has 0 aromatic heterocycles. The lowest BCUT2D eigenvalue weighted by atomic mass is 9.98. The maximum atomic E-state index is 5.73. The quantitative estimate of drug-likeness (QED) is 0.735. The highest BCUT2D eigenvalue weighted by atomic mass is 16.5. The monoisotopic (exact) mass is 287 g/mol. The summed E-state index contributed by atoms with van der Waals surface area (Å²) in [6, 6.07) is 8.14. The minimum absolute atomic E-state index is 0.118. The first-order valence-corrected chi connectivity index (χ1v) is 7.61. The molecule has 0 aliphatic carbocycles. The summed E-state index contributed by atoms with van der Waals surface area (Å²) in [5.41, 5.74) is 2.62. The van der Waals surface area contributed by atoms with E-state index in [0.29, 0.717) is 12.5 Å². The van der Waals surface area contributed by atoms with Gasteiger partial charge in [0.05, 0.1) is 0 Å². The Morgan fingerprint density at radius 3 is 2.52 bits per heavy atom. The first-order valence-electron chi connectivity index (χ1n) is 7.61. The first kappa shape index (κ1) is 17.5. The zero-order valence-electron chi connectivity index (χ0n) is 14.1. The van der Waals surface area contributed by atoms with Crippen LogP contribution < -0.4 is 10.1 Å². The molecule has 2 heteroatoms. The molecule has 0 saturated carbocycles. The largest absolute Gasteiger partial charge is 0.489 e. The van der Waals surface area contributed by atoms with Crippen LogP contribution >= 0.6 is 0 Å². The van der Waals surface area contributed by atoms with Crippen LogP contribution in [0.2, 0.25) is 0 Å². The molecular formula is C19H29NO. The van der Waals surface area contributed by atoms with Gasteiger partial charge in [0.25, 0.3) is 0 Å². The third-order valence-corrected chi connectivity index (χ3v) is 3.18. The molecule has 0 saturated heterocycles. The summed E-state index contributed by atoms with van der Waals surface area (Å²) >= 11 is 0. The van der Waals surface area contributed by atoms with Crippen LogP contribution in [0.5, 0.6) is 5.75 Å². The minimum atomic E-state index is 0.118. The van der Waals surface area contributed by atoms with Gasteiger partial charge in [0.2, 0.25) is 0 Å². The second kappa shape index (κ2) is 8.04. The number of rotatable bonds is 7. The molecule has 0 atom stereocenters. The van der Waals surface area contributed by atoms with Gasteiger partial charge in [-0.25, -0.2) is 0 Å². The summed E-state index contributed by atoms with van der Waals surface area (Å²) < 4.78 is 5.73. The Bertz CT molecular complexity index is 481. The fourth-order valence-electron chi connectivity index (χ4n) is 1.87. The predicted molar refractivity (Wildman–Crippen MR) is 92.7 cm³/mol. The lowest BCUT2D eigenvalue weighted by molar-refractivity contribution is 0.362. The Hall–Kier alpha value is -1.54.